The molecule has 3 rings (SSSR count). The molecule has 0 aliphatic carbocycles. The lowest BCUT2D eigenvalue weighted by molar-refractivity contribution is -0.140. The van der Waals surface area contributed by atoms with Gasteiger partial charge < -0.3 is 19.5 Å². The summed E-state index contributed by atoms with van der Waals surface area (Å²) in [4.78, 5) is 27.2. The summed E-state index contributed by atoms with van der Waals surface area (Å²) in [5.41, 5.74) is 1.19. The maximum Gasteiger partial charge on any atom is 0.295 e. The minimum Gasteiger partial charge on any atom is -0.507 e. The predicted molar refractivity (Wildman–Crippen MR) is 119 cm³/mol. The molecule has 164 valence electrons. The van der Waals surface area contributed by atoms with Gasteiger partial charge in [-0.15, -0.1) is 0 Å². The Hall–Kier alpha value is -2.83. The summed E-state index contributed by atoms with van der Waals surface area (Å²) in [7, 11) is 1.58. The molecule has 2 aromatic rings. The van der Waals surface area contributed by atoms with Gasteiger partial charge in [0.1, 0.15) is 11.5 Å². The van der Waals surface area contributed by atoms with Crippen LogP contribution in [0.25, 0.3) is 5.76 Å². The third-order valence-electron chi connectivity index (χ3n) is 4.97. The molecular formula is C24H26ClNO5. The molecular weight excluding hydrogens is 418 g/mol. The molecule has 1 atom stereocenters. The first-order valence-corrected chi connectivity index (χ1v) is 10.5. The van der Waals surface area contributed by atoms with Crippen molar-refractivity contribution in [1.82, 2.24) is 4.90 Å². The smallest absolute Gasteiger partial charge is 0.295 e. The highest BCUT2D eigenvalue weighted by molar-refractivity contribution is 6.46. The zero-order chi connectivity index (χ0) is 22.5. The Morgan fingerprint density at radius 3 is 2.32 bits per heavy atom. The Morgan fingerprint density at radius 1 is 1.10 bits per heavy atom. The van der Waals surface area contributed by atoms with E-state index in [0.29, 0.717) is 41.5 Å². The second-order valence-corrected chi connectivity index (χ2v) is 8.02. The fourth-order valence-corrected chi connectivity index (χ4v) is 3.73. The molecule has 1 heterocycles. The molecule has 6 nitrogen and oxygen atoms in total. The Bertz CT molecular complexity index is 966. The number of nitrogens with zero attached hydrogens (tertiary/aromatic N) is 1. The molecule has 1 aliphatic rings. The number of carbonyl (C=O) groups excluding carboxylic acids is 2. The fourth-order valence-electron chi connectivity index (χ4n) is 3.60. The number of carbonyl (C=O) groups is 2. The van der Waals surface area contributed by atoms with Crippen molar-refractivity contribution < 1.29 is 24.2 Å². The number of rotatable bonds is 8. The Kier molecular flexibility index (Phi) is 7.36. The van der Waals surface area contributed by atoms with Crippen molar-refractivity contribution in [2.24, 2.45) is 0 Å². The fraction of sp³-hybridized carbons (Fsp3) is 0.333. The number of amides is 1. The van der Waals surface area contributed by atoms with Crippen molar-refractivity contribution >= 4 is 29.1 Å². The Morgan fingerprint density at radius 2 is 1.74 bits per heavy atom. The average molecular weight is 444 g/mol. The SMILES string of the molecule is COCCCN1C(=O)C(=O)/C(=C(/O)c2ccc(OC(C)C)cc2)[C@H]1c1ccc(Cl)cc1. The van der Waals surface area contributed by atoms with E-state index in [0.717, 1.165) is 0 Å². The first kappa shape index (κ1) is 22.8. The molecule has 0 spiro atoms. The lowest BCUT2D eigenvalue weighted by atomic mass is 9.95. The number of aliphatic hydroxyl groups excluding tert-OH is 1. The summed E-state index contributed by atoms with van der Waals surface area (Å²) in [6.07, 6.45) is 0.580. The van der Waals surface area contributed by atoms with Gasteiger partial charge in [-0.3, -0.25) is 9.59 Å². The second kappa shape index (κ2) is 9.98. The van der Waals surface area contributed by atoms with Crippen LogP contribution in [0.1, 0.15) is 37.4 Å². The molecule has 0 saturated carbocycles. The summed E-state index contributed by atoms with van der Waals surface area (Å²) in [5, 5.41) is 11.6. The molecule has 31 heavy (non-hydrogen) atoms. The van der Waals surface area contributed by atoms with E-state index in [1.165, 1.54) is 4.90 Å². The first-order valence-electron chi connectivity index (χ1n) is 10.1. The van der Waals surface area contributed by atoms with Crippen LogP contribution in [0.3, 0.4) is 0 Å². The van der Waals surface area contributed by atoms with E-state index >= 15 is 0 Å². The number of hydrogen-bond acceptors (Lipinski definition) is 5. The summed E-state index contributed by atoms with van der Waals surface area (Å²) >= 11 is 6.02. The maximum absolute atomic E-state index is 12.9. The number of likely N-dealkylation sites (tertiary alicyclic amines) is 1. The molecule has 0 radical (unpaired) electrons. The molecule has 1 saturated heterocycles. The highest BCUT2D eigenvalue weighted by Crippen LogP contribution is 2.39. The largest absolute Gasteiger partial charge is 0.507 e. The van der Waals surface area contributed by atoms with E-state index in [1.807, 2.05) is 13.8 Å². The molecule has 0 bridgehead atoms. The van der Waals surface area contributed by atoms with Gasteiger partial charge in [0.25, 0.3) is 11.7 Å². The monoisotopic (exact) mass is 443 g/mol. The summed E-state index contributed by atoms with van der Waals surface area (Å²) < 4.78 is 10.7. The van der Waals surface area contributed by atoms with Crippen molar-refractivity contribution in [2.45, 2.75) is 32.4 Å². The zero-order valence-corrected chi connectivity index (χ0v) is 18.6. The number of hydrogen-bond donors (Lipinski definition) is 1. The molecule has 1 amide bonds. The van der Waals surface area contributed by atoms with Crippen molar-refractivity contribution in [3.63, 3.8) is 0 Å². The average Bonchev–Trinajstić information content (AvgIpc) is 2.99. The molecule has 2 aromatic carbocycles. The van der Waals surface area contributed by atoms with Crippen molar-refractivity contribution in [3.05, 3.63) is 70.3 Å². The molecule has 1 N–H and O–H groups in total. The standard InChI is InChI=1S/C24H26ClNO5/c1-15(2)31-19-11-7-17(8-12-19)22(27)20-21(16-5-9-18(25)10-6-16)26(13-4-14-30-3)24(29)23(20)28/h5-12,15,21,27H,4,13-14H2,1-3H3/b22-20+/t21-/m1/s1. The highest BCUT2D eigenvalue weighted by Gasteiger charge is 2.45. The van der Waals surface area contributed by atoms with Gasteiger partial charge in [0.05, 0.1) is 17.7 Å². The topological polar surface area (TPSA) is 76.1 Å². The summed E-state index contributed by atoms with van der Waals surface area (Å²) in [6, 6.07) is 13.0. The van der Waals surface area contributed by atoms with Crippen LogP contribution in [0.5, 0.6) is 5.75 Å². The lowest BCUT2D eigenvalue weighted by Crippen LogP contribution is -2.31. The van der Waals surface area contributed by atoms with Crippen LogP contribution in [-0.4, -0.2) is 48.1 Å². The predicted octanol–water partition coefficient (Wildman–Crippen LogP) is 4.59. The van der Waals surface area contributed by atoms with Crippen LogP contribution in [0.2, 0.25) is 5.02 Å². The van der Waals surface area contributed by atoms with Gasteiger partial charge in [-0.25, -0.2) is 0 Å². The van der Waals surface area contributed by atoms with Gasteiger partial charge in [-0.2, -0.15) is 0 Å². The number of ether oxygens (including phenoxy) is 2. The minimum atomic E-state index is -0.711. The van der Waals surface area contributed by atoms with Crippen molar-refractivity contribution in [2.75, 3.05) is 20.3 Å². The van der Waals surface area contributed by atoms with Gasteiger partial charge in [0.2, 0.25) is 0 Å². The van der Waals surface area contributed by atoms with Gasteiger partial charge in [-0.05, 0) is 62.2 Å². The number of ketones is 1. The number of aliphatic hydroxyl groups is 1. The Balaban J connectivity index is 2.04. The molecule has 0 unspecified atom stereocenters. The van der Waals surface area contributed by atoms with E-state index in [-0.39, 0.29) is 17.4 Å². The second-order valence-electron chi connectivity index (χ2n) is 7.58. The van der Waals surface area contributed by atoms with Gasteiger partial charge in [0.15, 0.2) is 0 Å². The van der Waals surface area contributed by atoms with Gasteiger partial charge in [-0.1, -0.05) is 23.7 Å². The van der Waals surface area contributed by atoms with Crippen LogP contribution < -0.4 is 4.74 Å². The summed E-state index contributed by atoms with van der Waals surface area (Å²) in [6.45, 7) is 4.62. The Labute approximate surface area is 187 Å². The number of halogens is 1. The molecule has 1 fully saturated rings. The van der Waals surface area contributed by atoms with E-state index in [4.69, 9.17) is 21.1 Å². The van der Waals surface area contributed by atoms with Crippen molar-refractivity contribution in [3.8, 4) is 5.75 Å². The molecule has 1 aliphatic heterocycles. The normalized spacial score (nSPS) is 18.1. The first-order chi connectivity index (χ1) is 14.8. The van der Waals surface area contributed by atoms with Crippen LogP contribution in [-0.2, 0) is 14.3 Å². The van der Waals surface area contributed by atoms with Gasteiger partial charge in [0, 0.05) is 30.8 Å². The van der Waals surface area contributed by atoms with E-state index in [9.17, 15) is 14.7 Å². The number of methoxy groups -OCH3 is 1. The van der Waals surface area contributed by atoms with Crippen molar-refractivity contribution in [1.29, 1.82) is 0 Å². The molecule has 7 heteroatoms. The van der Waals surface area contributed by atoms with E-state index in [2.05, 4.69) is 0 Å². The third-order valence-corrected chi connectivity index (χ3v) is 5.22. The summed E-state index contributed by atoms with van der Waals surface area (Å²) in [5.74, 6) is -0.917. The van der Waals surface area contributed by atoms with Crippen LogP contribution >= 0.6 is 11.6 Å². The minimum absolute atomic E-state index is 0.0155. The van der Waals surface area contributed by atoms with Crippen LogP contribution in [0, 0.1) is 0 Å². The highest BCUT2D eigenvalue weighted by atomic mass is 35.5. The maximum atomic E-state index is 12.9. The van der Waals surface area contributed by atoms with E-state index < -0.39 is 17.7 Å². The van der Waals surface area contributed by atoms with E-state index in [1.54, 1.807) is 55.6 Å². The molecule has 0 aromatic heterocycles. The van der Waals surface area contributed by atoms with Gasteiger partial charge >= 0.3 is 0 Å². The van der Waals surface area contributed by atoms with Crippen LogP contribution in [0.4, 0.5) is 0 Å². The quantitative estimate of drug-likeness (QED) is 0.279. The third kappa shape index (κ3) is 5.09. The van der Waals surface area contributed by atoms with Crippen LogP contribution in [0.15, 0.2) is 54.1 Å². The lowest BCUT2D eigenvalue weighted by Gasteiger charge is -2.25. The number of benzene rings is 2. The number of Topliss-reactive ketones (excluding diaryl/α,β-unsaturated/α-hetero) is 1. The zero-order valence-electron chi connectivity index (χ0n) is 17.8.